The first kappa shape index (κ1) is 18.6. The first-order chi connectivity index (χ1) is 12.5. The fourth-order valence-electron chi connectivity index (χ4n) is 2.29. The van der Waals surface area contributed by atoms with Gasteiger partial charge in [0.05, 0.1) is 11.7 Å². The van der Waals surface area contributed by atoms with Gasteiger partial charge in [0.2, 0.25) is 5.91 Å². The molecule has 1 atom stereocenters. The number of carbonyl (C=O) groups is 1. The molecule has 26 heavy (non-hydrogen) atoms. The van der Waals surface area contributed by atoms with E-state index >= 15 is 0 Å². The number of pyridine rings is 1. The predicted octanol–water partition coefficient (Wildman–Crippen LogP) is 5.40. The SMILES string of the molecule is CC(NC(=O)/C=C/c1c(Cl)cccc1Cl)c1nc(-c2ccncc2)cs1. The van der Waals surface area contributed by atoms with Crippen LogP contribution in [0.3, 0.4) is 0 Å². The summed E-state index contributed by atoms with van der Waals surface area (Å²) in [6.07, 6.45) is 6.48. The highest BCUT2D eigenvalue weighted by Crippen LogP contribution is 2.26. The molecular formula is C19H15Cl2N3OS. The summed E-state index contributed by atoms with van der Waals surface area (Å²) in [5.41, 5.74) is 2.48. The molecule has 4 nitrogen and oxygen atoms in total. The van der Waals surface area contributed by atoms with Crippen molar-refractivity contribution in [2.75, 3.05) is 0 Å². The Labute approximate surface area is 165 Å². The van der Waals surface area contributed by atoms with E-state index in [1.165, 1.54) is 17.4 Å². The van der Waals surface area contributed by atoms with Crippen LogP contribution in [0.2, 0.25) is 10.0 Å². The van der Waals surface area contributed by atoms with E-state index < -0.39 is 0 Å². The molecule has 0 saturated heterocycles. The van der Waals surface area contributed by atoms with Gasteiger partial charge in [-0.1, -0.05) is 29.3 Å². The van der Waals surface area contributed by atoms with Crippen LogP contribution in [0.4, 0.5) is 0 Å². The maximum Gasteiger partial charge on any atom is 0.244 e. The predicted molar refractivity (Wildman–Crippen MR) is 107 cm³/mol. The third-order valence-electron chi connectivity index (χ3n) is 3.63. The van der Waals surface area contributed by atoms with E-state index in [0.29, 0.717) is 15.6 Å². The zero-order valence-electron chi connectivity index (χ0n) is 13.8. The van der Waals surface area contributed by atoms with Crippen LogP contribution < -0.4 is 5.32 Å². The number of halogens is 2. The summed E-state index contributed by atoms with van der Waals surface area (Å²) >= 11 is 13.7. The van der Waals surface area contributed by atoms with E-state index in [0.717, 1.165) is 16.3 Å². The number of benzene rings is 1. The lowest BCUT2D eigenvalue weighted by Gasteiger charge is -2.09. The molecule has 0 aliphatic rings. The van der Waals surface area contributed by atoms with Crippen molar-refractivity contribution in [3.8, 4) is 11.3 Å². The lowest BCUT2D eigenvalue weighted by Crippen LogP contribution is -2.24. The average Bonchev–Trinajstić information content (AvgIpc) is 3.12. The number of hydrogen-bond donors (Lipinski definition) is 1. The van der Waals surface area contributed by atoms with Crippen LogP contribution in [0, 0.1) is 0 Å². The summed E-state index contributed by atoms with van der Waals surface area (Å²) in [6.45, 7) is 1.89. The molecule has 1 N–H and O–H groups in total. The van der Waals surface area contributed by atoms with E-state index in [9.17, 15) is 4.79 Å². The average molecular weight is 404 g/mol. The fraction of sp³-hybridized carbons (Fsp3) is 0.105. The Morgan fingerprint density at radius 3 is 2.58 bits per heavy atom. The molecule has 3 rings (SSSR count). The van der Waals surface area contributed by atoms with Crippen LogP contribution in [0.5, 0.6) is 0 Å². The van der Waals surface area contributed by atoms with Gasteiger partial charge in [-0.05, 0) is 37.3 Å². The molecule has 0 aliphatic carbocycles. The second kappa shape index (κ2) is 8.45. The molecule has 0 spiro atoms. The summed E-state index contributed by atoms with van der Waals surface area (Å²) in [6, 6.07) is 8.80. The molecule has 0 saturated carbocycles. The molecule has 0 fully saturated rings. The van der Waals surface area contributed by atoms with Crippen LogP contribution in [0.25, 0.3) is 17.3 Å². The molecule has 1 unspecified atom stereocenters. The lowest BCUT2D eigenvalue weighted by atomic mass is 10.2. The number of thiazole rings is 1. The number of nitrogens with zero attached hydrogens (tertiary/aromatic N) is 2. The van der Waals surface area contributed by atoms with Gasteiger partial charge < -0.3 is 5.32 Å². The highest BCUT2D eigenvalue weighted by Gasteiger charge is 2.13. The van der Waals surface area contributed by atoms with Gasteiger partial charge in [0, 0.05) is 45.0 Å². The minimum absolute atomic E-state index is 0.213. The second-order valence-electron chi connectivity index (χ2n) is 5.51. The second-order valence-corrected chi connectivity index (χ2v) is 7.21. The van der Waals surface area contributed by atoms with E-state index in [1.807, 2.05) is 24.4 Å². The number of hydrogen-bond acceptors (Lipinski definition) is 4. The van der Waals surface area contributed by atoms with Gasteiger partial charge in [0.25, 0.3) is 0 Å². The van der Waals surface area contributed by atoms with Crippen LogP contribution >= 0.6 is 34.5 Å². The number of carbonyl (C=O) groups excluding carboxylic acids is 1. The molecule has 1 amide bonds. The third kappa shape index (κ3) is 4.49. The quantitative estimate of drug-likeness (QED) is 0.579. The maximum atomic E-state index is 12.2. The topological polar surface area (TPSA) is 54.9 Å². The molecule has 2 aromatic heterocycles. The first-order valence-corrected chi connectivity index (χ1v) is 9.46. The Kier molecular flexibility index (Phi) is 6.04. The maximum absolute atomic E-state index is 12.2. The highest BCUT2D eigenvalue weighted by atomic mass is 35.5. The fourth-order valence-corrected chi connectivity index (χ4v) is 3.65. The molecule has 1 aromatic carbocycles. The van der Waals surface area contributed by atoms with Crippen molar-refractivity contribution in [3.63, 3.8) is 0 Å². The van der Waals surface area contributed by atoms with Crippen molar-refractivity contribution in [1.29, 1.82) is 0 Å². The van der Waals surface area contributed by atoms with Crippen molar-refractivity contribution in [2.24, 2.45) is 0 Å². The van der Waals surface area contributed by atoms with Crippen LogP contribution in [-0.4, -0.2) is 15.9 Å². The van der Waals surface area contributed by atoms with Gasteiger partial charge in [-0.25, -0.2) is 4.98 Å². The van der Waals surface area contributed by atoms with Gasteiger partial charge in [0.1, 0.15) is 5.01 Å². The number of nitrogens with one attached hydrogen (secondary N) is 1. The van der Waals surface area contributed by atoms with Crippen molar-refractivity contribution in [1.82, 2.24) is 15.3 Å². The normalized spacial score (nSPS) is 12.3. The van der Waals surface area contributed by atoms with Crippen LogP contribution in [-0.2, 0) is 4.79 Å². The summed E-state index contributed by atoms with van der Waals surface area (Å²) in [4.78, 5) is 20.8. The Bertz CT molecular complexity index is 921. The van der Waals surface area contributed by atoms with Gasteiger partial charge in [-0.2, -0.15) is 0 Å². The Balaban J connectivity index is 1.66. The smallest absolute Gasteiger partial charge is 0.244 e. The van der Waals surface area contributed by atoms with Gasteiger partial charge in [-0.3, -0.25) is 9.78 Å². The molecule has 132 valence electrons. The van der Waals surface area contributed by atoms with E-state index in [1.54, 1.807) is 36.7 Å². The number of amides is 1. The summed E-state index contributed by atoms with van der Waals surface area (Å²) < 4.78 is 0. The Hall–Kier alpha value is -2.21. The molecule has 7 heteroatoms. The van der Waals surface area contributed by atoms with E-state index in [4.69, 9.17) is 23.2 Å². The lowest BCUT2D eigenvalue weighted by molar-refractivity contribution is -0.117. The highest BCUT2D eigenvalue weighted by molar-refractivity contribution is 7.10. The van der Waals surface area contributed by atoms with Gasteiger partial charge >= 0.3 is 0 Å². The monoisotopic (exact) mass is 403 g/mol. The Morgan fingerprint density at radius 1 is 1.19 bits per heavy atom. The number of rotatable bonds is 5. The zero-order valence-corrected chi connectivity index (χ0v) is 16.1. The van der Waals surface area contributed by atoms with Gasteiger partial charge in [-0.15, -0.1) is 11.3 Å². The largest absolute Gasteiger partial charge is 0.344 e. The molecule has 2 heterocycles. The molecule has 0 aliphatic heterocycles. The molecule has 3 aromatic rings. The minimum Gasteiger partial charge on any atom is -0.344 e. The zero-order chi connectivity index (χ0) is 18.5. The summed E-state index contributed by atoms with van der Waals surface area (Å²) in [5, 5.41) is 6.68. The molecule has 0 radical (unpaired) electrons. The molecular weight excluding hydrogens is 389 g/mol. The van der Waals surface area contributed by atoms with Crippen molar-refractivity contribution >= 4 is 46.5 Å². The van der Waals surface area contributed by atoms with Crippen LogP contribution in [0.1, 0.15) is 23.5 Å². The first-order valence-electron chi connectivity index (χ1n) is 7.83. The van der Waals surface area contributed by atoms with E-state index in [2.05, 4.69) is 15.3 Å². The van der Waals surface area contributed by atoms with Crippen molar-refractivity contribution < 1.29 is 4.79 Å². The summed E-state index contributed by atoms with van der Waals surface area (Å²) in [5.74, 6) is -0.242. The van der Waals surface area contributed by atoms with E-state index in [-0.39, 0.29) is 11.9 Å². The third-order valence-corrected chi connectivity index (χ3v) is 5.31. The standard InChI is InChI=1S/C19H15Cl2N3OS/c1-12(19-24-17(11-26-19)13-7-9-22-10-8-13)23-18(25)6-5-14-15(20)3-2-4-16(14)21/h2-12H,1H3,(H,23,25)/b6-5+. The summed E-state index contributed by atoms with van der Waals surface area (Å²) in [7, 11) is 0. The van der Waals surface area contributed by atoms with Crippen LogP contribution in [0.15, 0.2) is 54.2 Å². The molecule has 0 bridgehead atoms. The number of aromatic nitrogens is 2. The van der Waals surface area contributed by atoms with Gasteiger partial charge in [0.15, 0.2) is 0 Å². The Morgan fingerprint density at radius 2 is 1.88 bits per heavy atom. The van der Waals surface area contributed by atoms with Crippen molar-refractivity contribution in [2.45, 2.75) is 13.0 Å². The van der Waals surface area contributed by atoms with Crippen molar-refractivity contribution in [3.05, 3.63) is 74.8 Å². The minimum atomic E-state index is -0.242.